The van der Waals surface area contributed by atoms with Crippen LogP contribution in [0.4, 0.5) is 18.9 Å². The van der Waals surface area contributed by atoms with Gasteiger partial charge in [-0.15, -0.1) is 0 Å². The molecule has 0 saturated heterocycles. The predicted molar refractivity (Wildman–Crippen MR) is 84.6 cm³/mol. The summed E-state index contributed by atoms with van der Waals surface area (Å²) in [4.78, 5) is 23.8. The number of hydrogen-bond acceptors (Lipinski definition) is 2. The van der Waals surface area contributed by atoms with E-state index in [9.17, 15) is 22.8 Å². The van der Waals surface area contributed by atoms with Gasteiger partial charge in [-0.05, 0) is 37.0 Å². The number of benzene rings is 1. The van der Waals surface area contributed by atoms with E-state index in [-0.39, 0.29) is 17.6 Å². The van der Waals surface area contributed by atoms with Gasteiger partial charge in [0.2, 0.25) is 0 Å². The number of rotatable bonds is 2. The van der Waals surface area contributed by atoms with Crippen LogP contribution >= 0.6 is 11.6 Å². The number of alkyl halides is 3. The lowest BCUT2D eigenvalue weighted by molar-refractivity contribution is -0.137. The van der Waals surface area contributed by atoms with Crippen molar-refractivity contribution in [2.24, 2.45) is 5.92 Å². The second-order valence-electron chi connectivity index (χ2n) is 5.99. The Labute approximate surface area is 142 Å². The number of carbonyl (C=O) groups excluding carboxylic acids is 2. The lowest BCUT2D eigenvalue weighted by Gasteiger charge is -2.29. The van der Waals surface area contributed by atoms with Gasteiger partial charge in [0, 0.05) is 11.7 Å². The first kappa shape index (κ1) is 18.6. The highest BCUT2D eigenvalue weighted by Gasteiger charge is 2.33. The zero-order chi connectivity index (χ0) is 17.9. The quantitative estimate of drug-likeness (QED) is 0.781. The number of hydrogen-bond donors (Lipinski definition) is 2. The van der Waals surface area contributed by atoms with Crippen LogP contribution in [0, 0.1) is 5.92 Å². The van der Waals surface area contributed by atoms with Crippen molar-refractivity contribution in [3.05, 3.63) is 28.8 Å². The van der Waals surface area contributed by atoms with Crippen molar-refractivity contribution in [2.45, 2.75) is 44.8 Å². The van der Waals surface area contributed by atoms with E-state index < -0.39 is 28.6 Å². The predicted octanol–water partition coefficient (Wildman–Crippen LogP) is 3.99. The van der Waals surface area contributed by atoms with Gasteiger partial charge in [-0.25, -0.2) is 0 Å². The Balaban J connectivity index is 2.02. The van der Waals surface area contributed by atoms with Crippen molar-refractivity contribution in [2.75, 3.05) is 5.32 Å². The highest BCUT2D eigenvalue weighted by Crippen LogP contribution is 2.36. The van der Waals surface area contributed by atoms with Crippen LogP contribution in [0.5, 0.6) is 0 Å². The molecule has 132 valence electrons. The van der Waals surface area contributed by atoms with Gasteiger partial charge in [-0.1, -0.05) is 31.4 Å². The standard InChI is InChI=1S/C16H18ClF3N2O2/c1-9-4-2-3-5-13(9)22-15(24)14(23)21-10-6-7-12(17)11(8-10)16(18,19)20/h6-9,13H,2-5H2,1H3,(H,21,23)(H,22,24). The van der Waals surface area contributed by atoms with Gasteiger partial charge in [0.1, 0.15) is 0 Å². The van der Waals surface area contributed by atoms with Crippen molar-refractivity contribution in [1.29, 1.82) is 0 Å². The lowest BCUT2D eigenvalue weighted by atomic mass is 9.86. The van der Waals surface area contributed by atoms with Crippen LogP contribution in [0.25, 0.3) is 0 Å². The van der Waals surface area contributed by atoms with Crippen LogP contribution in [-0.2, 0) is 15.8 Å². The van der Waals surface area contributed by atoms with Crippen LogP contribution < -0.4 is 10.6 Å². The Bertz CT molecular complexity index is 634. The Hall–Kier alpha value is -1.76. The van der Waals surface area contributed by atoms with Gasteiger partial charge < -0.3 is 10.6 Å². The Morgan fingerprint density at radius 1 is 1.17 bits per heavy atom. The molecule has 4 nitrogen and oxygen atoms in total. The van der Waals surface area contributed by atoms with Crippen LogP contribution in [0.2, 0.25) is 5.02 Å². The van der Waals surface area contributed by atoms with Crippen molar-refractivity contribution < 1.29 is 22.8 Å². The monoisotopic (exact) mass is 362 g/mol. The van der Waals surface area contributed by atoms with Crippen molar-refractivity contribution in [3.8, 4) is 0 Å². The second-order valence-corrected chi connectivity index (χ2v) is 6.40. The second kappa shape index (κ2) is 7.42. The fourth-order valence-electron chi connectivity index (χ4n) is 2.77. The summed E-state index contributed by atoms with van der Waals surface area (Å²) < 4.78 is 38.4. The minimum absolute atomic E-state index is 0.0899. The smallest absolute Gasteiger partial charge is 0.345 e. The summed E-state index contributed by atoms with van der Waals surface area (Å²) in [5.41, 5.74) is -1.20. The van der Waals surface area contributed by atoms with Crippen LogP contribution in [-0.4, -0.2) is 17.9 Å². The first-order chi connectivity index (χ1) is 11.2. The molecule has 24 heavy (non-hydrogen) atoms. The summed E-state index contributed by atoms with van der Waals surface area (Å²) in [5, 5.41) is 4.35. The molecule has 1 saturated carbocycles. The molecule has 2 rings (SSSR count). The molecule has 1 aromatic rings. The normalized spacial score (nSPS) is 21.2. The summed E-state index contributed by atoms with van der Waals surface area (Å²) in [6.07, 6.45) is -0.816. The maximum Gasteiger partial charge on any atom is 0.417 e. The van der Waals surface area contributed by atoms with Gasteiger partial charge in [-0.3, -0.25) is 9.59 Å². The molecule has 2 N–H and O–H groups in total. The minimum atomic E-state index is -4.64. The van der Waals surface area contributed by atoms with Crippen molar-refractivity contribution in [1.82, 2.24) is 5.32 Å². The molecular weight excluding hydrogens is 345 g/mol. The molecule has 1 aliphatic rings. The van der Waals surface area contributed by atoms with E-state index in [1.807, 2.05) is 6.92 Å². The van der Waals surface area contributed by atoms with Gasteiger partial charge in [0.15, 0.2) is 0 Å². The zero-order valence-electron chi connectivity index (χ0n) is 13.0. The summed E-state index contributed by atoms with van der Waals surface area (Å²) in [6.45, 7) is 2.00. The van der Waals surface area contributed by atoms with Crippen molar-refractivity contribution >= 4 is 29.1 Å². The molecule has 1 fully saturated rings. The summed E-state index contributed by atoms with van der Waals surface area (Å²) >= 11 is 5.51. The number of anilines is 1. The Morgan fingerprint density at radius 3 is 2.46 bits per heavy atom. The first-order valence-electron chi connectivity index (χ1n) is 7.67. The van der Waals surface area contributed by atoms with Crippen molar-refractivity contribution in [3.63, 3.8) is 0 Å². The number of nitrogens with one attached hydrogen (secondary N) is 2. The largest absolute Gasteiger partial charge is 0.417 e. The summed E-state index contributed by atoms with van der Waals surface area (Å²) in [5.74, 6) is -1.58. The van der Waals surface area contributed by atoms with Gasteiger partial charge in [0.25, 0.3) is 0 Å². The fourth-order valence-corrected chi connectivity index (χ4v) is 3.00. The van der Waals surface area contributed by atoms with E-state index in [1.165, 1.54) is 6.07 Å². The number of amides is 2. The molecule has 0 radical (unpaired) electrons. The minimum Gasteiger partial charge on any atom is -0.345 e. The molecule has 0 aromatic heterocycles. The third-order valence-corrected chi connectivity index (χ3v) is 4.49. The third kappa shape index (κ3) is 4.63. The Kier molecular flexibility index (Phi) is 5.74. The molecule has 2 atom stereocenters. The molecular formula is C16H18ClF3N2O2. The third-order valence-electron chi connectivity index (χ3n) is 4.16. The molecule has 8 heteroatoms. The Morgan fingerprint density at radius 2 is 1.83 bits per heavy atom. The van der Waals surface area contributed by atoms with Gasteiger partial charge in [0.05, 0.1) is 10.6 Å². The van der Waals surface area contributed by atoms with E-state index in [1.54, 1.807) is 0 Å². The van der Waals surface area contributed by atoms with E-state index >= 15 is 0 Å². The van der Waals surface area contributed by atoms with E-state index in [2.05, 4.69) is 10.6 Å². The highest BCUT2D eigenvalue weighted by molar-refractivity contribution is 6.39. The van der Waals surface area contributed by atoms with Crippen LogP contribution in [0.3, 0.4) is 0 Å². The molecule has 0 heterocycles. The topological polar surface area (TPSA) is 58.2 Å². The molecule has 1 aliphatic carbocycles. The van der Waals surface area contributed by atoms with E-state index in [0.29, 0.717) is 6.07 Å². The average Bonchev–Trinajstić information content (AvgIpc) is 2.50. The summed E-state index contributed by atoms with van der Waals surface area (Å²) in [7, 11) is 0. The molecule has 2 amide bonds. The zero-order valence-corrected chi connectivity index (χ0v) is 13.8. The number of carbonyl (C=O) groups is 2. The highest BCUT2D eigenvalue weighted by atomic mass is 35.5. The van der Waals surface area contributed by atoms with Gasteiger partial charge in [-0.2, -0.15) is 13.2 Å². The first-order valence-corrected chi connectivity index (χ1v) is 8.05. The summed E-state index contributed by atoms with van der Waals surface area (Å²) in [6, 6.07) is 2.86. The maximum atomic E-state index is 12.8. The molecule has 0 aliphatic heterocycles. The molecule has 0 bridgehead atoms. The van der Waals surface area contributed by atoms with E-state index in [0.717, 1.165) is 31.7 Å². The van der Waals surface area contributed by atoms with Gasteiger partial charge >= 0.3 is 18.0 Å². The molecule has 0 spiro atoms. The SMILES string of the molecule is CC1CCCCC1NC(=O)C(=O)Nc1ccc(Cl)c(C(F)(F)F)c1. The molecule has 2 unspecified atom stereocenters. The molecule has 1 aromatic carbocycles. The maximum absolute atomic E-state index is 12.8. The van der Waals surface area contributed by atoms with Crippen LogP contribution in [0.15, 0.2) is 18.2 Å². The van der Waals surface area contributed by atoms with Crippen LogP contribution in [0.1, 0.15) is 38.2 Å². The average molecular weight is 363 g/mol. The lowest BCUT2D eigenvalue weighted by Crippen LogP contribution is -2.45. The van der Waals surface area contributed by atoms with E-state index in [4.69, 9.17) is 11.6 Å². The fraction of sp³-hybridized carbons (Fsp3) is 0.500. The number of halogens is 4.